The Hall–Kier alpha value is 0.557. The van der Waals surface area contributed by atoms with Gasteiger partial charge in [0.2, 0.25) is 0 Å². The van der Waals surface area contributed by atoms with Crippen LogP contribution in [0.2, 0.25) is 0 Å². The molecule has 0 saturated carbocycles. The van der Waals surface area contributed by atoms with Gasteiger partial charge >= 0.3 is 0 Å². The summed E-state index contributed by atoms with van der Waals surface area (Å²) in [6, 6.07) is 0. The minimum atomic E-state index is 0. The third-order valence-corrected chi connectivity index (χ3v) is 0.827. The molecular formula is C4H8LiO. The zero-order valence-electron chi connectivity index (χ0n) is 4.24. The Bertz CT molecular complexity index is 19.1. The van der Waals surface area contributed by atoms with Crippen LogP contribution in [0.3, 0.4) is 0 Å². The first-order chi connectivity index (χ1) is 2.50. The van der Waals surface area contributed by atoms with Crippen molar-refractivity contribution in [2.24, 2.45) is 0 Å². The normalized spacial score (nSPS) is 20.0. The fourth-order valence-corrected chi connectivity index (χ4v) is 0.510. The Morgan fingerprint density at radius 2 is 1.50 bits per heavy atom. The van der Waals surface area contributed by atoms with E-state index in [0.717, 1.165) is 13.2 Å². The summed E-state index contributed by atoms with van der Waals surface area (Å²) >= 11 is 0. The minimum absolute atomic E-state index is 0. The van der Waals surface area contributed by atoms with Crippen molar-refractivity contribution in [3.63, 3.8) is 0 Å². The second-order valence-corrected chi connectivity index (χ2v) is 1.32. The van der Waals surface area contributed by atoms with Gasteiger partial charge < -0.3 is 4.74 Å². The Labute approximate surface area is 50.2 Å². The second kappa shape index (κ2) is 3.74. The van der Waals surface area contributed by atoms with E-state index in [1.807, 2.05) is 0 Å². The number of hydrogen-bond acceptors (Lipinski definition) is 1. The summed E-state index contributed by atoms with van der Waals surface area (Å²) < 4.78 is 4.94. The summed E-state index contributed by atoms with van der Waals surface area (Å²) in [6.45, 7) is 2.00. The molecule has 1 fully saturated rings. The fourth-order valence-electron chi connectivity index (χ4n) is 0.510. The molecule has 1 radical (unpaired) electrons. The van der Waals surface area contributed by atoms with E-state index in [1.165, 1.54) is 12.8 Å². The van der Waals surface area contributed by atoms with E-state index in [-0.39, 0.29) is 18.9 Å². The van der Waals surface area contributed by atoms with Crippen molar-refractivity contribution < 1.29 is 4.74 Å². The van der Waals surface area contributed by atoms with Crippen LogP contribution in [0.5, 0.6) is 0 Å². The van der Waals surface area contributed by atoms with Crippen LogP contribution >= 0.6 is 0 Å². The van der Waals surface area contributed by atoms with Gasteiger partial charge in [0.1, 0.15) is 0 Å². The van der Waals surface area contributed by atoms with Crippen molar-refractivity contribution in [1.29, 1.82) is 0 Å². The average molecular weight is 79.0 g/mol. The smallest absolute Gasteiger partial charge is 0.0466 e. The molecule has 0 aromatic heterocycles. The van der Waals surface area contributed by atoms with E-state index in [2.05, 4.69) is 0 Å². The molecule has 1 heterocycles. The van der Waals surface area contributed by atoms with Crippen molar-refractivity contribution in [1.82, 2.24) is 0 Å². The Kier molecular flexibility index (Phi) is 4.08. The first kappa shape index (κ1) is 6.56. The predicted octanol–water partition coefficient (Wildman–Crippen LogP) is 0.416. The molecule has 0 bridgehead atoms. The molecule has 0 atom stereocenters. The Morgan fingerprint density at radius 3 is 1.67 bits per heavy atom. The Balaban J connectivity index is 0.000000250. The zero-order chi connectivity index (χ0) is 3.54. The van der Waals surface area contributed by atoms with E-state index in [4.69, 9.17) is 4.74 Å². The SMILES string of the molecule is C1CCOC1.[Li]. The third-order valence-electron chi connectivity index (χ3n) is 0.827. The topological polar surface area (TPSA) is 9.23 Å². The summed E-state index contributed by atoms with van der Waals surface area (Å²) in [4.78, 5) is 0. The van der Waals surface area contributed by atoms with Crippen molar-refractivity contribution in [3.05, 3.63) is 0 Å². The van der Waals surface area contributed by atoms with Gasteiger partial charge in [-0.25, -0.2) is 0 Å². The van der Waals surface area contributed by atoms with Gasteiger partial charge in [0.25, 0.3) is 0 Å². The maximum absolute atomic E-state index is 4.94. The van der Waals surface area contributed by atoms with Gasteiger partial charge in [-0.15, -0.1) is 0 Å². The van der Waals surface area contributed by atoms with E-state index >= 15 is 0 Å². The maximum atomic E-state index is 4.94. The molecule has 0 aromatic rings. The second-order valence-electron chi connectivity index (χ2n) is 1.32. The van der Waals surface area contributed by atoms with Crippen molar-refractivity contribution in [2.75, 3.05) is 13.2 Å². The largest absolute Gasteiger partial charge is 0.381 e. The van der Waals surface area contributed by atoms with E-state index in [1.54, 1.807) is 0 Å². The van der Waals surface area contributed by atoms with Gasteiger partial charge in [0.15, 0.2) is 0 Å². The van der Waals surface area contributed by atoms with Crippen LogP contribution in [0.1, 0.15) is 12.8 Å². The van der Waals surface area contributed by atoms with Crippen LogP contribution in [-0.4, -0.2) is 32.1 Å². The summed E-state index contributed by atoms with van der Waals surface area (Å²) in [5.74, 6) is 0. The first-order valence-electron chi connectivity index (χ1n) is 2.08. The van der Waals surface area contributed by atoms with E-state index in [9.17, 15) is 0 Å². The monoisotopic (exact) mass is 79.1 g/mol. The molecule has 2 heteroatoms. The van der Waals surface area contributed by atoms with Gasteiger partial charge in [0.05, 0.1) is 0 Å². The van der Waals surface area contributed by atoms with Crippen molar-refractivity contribution in [2.45, 2.75) is 12.8 Å². The first-order valence-corrected chi connectivity index (χ1v) is 2.08. The molecule has 31 valence electrons. The van der Waals surface area contributed by atoms with E-state index in [0.29, 0.717) is 0 Å². The summed E-state index contributed by atoms with van der Waals surface area (Å²) in [7, 11) is 0. The molecule has 1 saturated heterocycles. The van der Waals surface area contributed by atoms with Crippen LogP contribution in [0, 0.1) is 0 Å². The molecule has 0 N–H and O–H groups in total. The molecule has 6 heavy (non-hydrogen) atoms. The van der Waals surface area contributed by atoms with Gasteiger partial charge in [-0.2, -0.15) is 0 Å². The maximum Gasteiger partial charge on any atom is 0.0466 e. The molecule has 0 unspecified atom stereocenters. The van der Waals surface area contributed by atoms with Gasteiger partial charge in [0, 0.05) is 32.1 Å². The molecule has 1 rings (SSSR count). The summed E-state index contributed by atoms with van der Waals surface area (Å²) in [6.07, 6.45) is 2.56. The number of ether oxygens (including phenoxy) is 1. The molecule has 1 nitrogen and oxygen atoms in total. The van der Waals surface area contributed by atoms with Crippen molar-refractivity contribution >= 4 is 18.9 Å². The summed E-state index contributed by atoms with van der Waals surface area (Å²) in [5, 5.41) is 0. The molecular weight excluding hydrogens is 71.0 g/mol. The summed E-state index contributed by atoms with van der Waals surface area (Å²) in [5.41, 5.74) is 0. The third kappa shape index (κ3) is 1.87. The molecule has 0 aliphatic carbocycles. The molecule has 0 amide bonds. The number of hydrogen-bond donors (Lipinski definition) is 0. The Morgan fingerprint density at radius 1 is 1.00 bits per heavy atom. The quantitative estimate of drug-likeness (QED) is 0.382. The predicted molar refractivity (Wildman–Crippen MR) is 25.8 cm³/mol. The van der Waals surface area contributed by atoms with Gasteiger partial charge in [-0.1, -0.05) is 0 Å². The van der Waals surface area contributed by atoms with Crippen LogP contribution < -0.4 is 0 Å². The molecule has 0 aromatic carbocycles. The average Bonchev–Trinajstić information content (AvgIpc) is 1.76. The van der Waals surface area contributed by atoms with Crippen LogP contribution in [0.15, 0.2) is 0 Å². The van der Waals surface area contributed by atoms with Crippen LogP contribution in [0.4, 0.5) is 0 Å². The minimum Gasteiger partial charge on any atom is -0.381 e. The van der Waals surface area contributed by atoms with Crippen molar-refractivity contribution in [3.8, 4) is 0 Å². The van der Waals surface area contributed by atoms with Gasteiger partial charge in [-0.3, -0.25) is 0 Å². The standard InChI is InChI=1S/C4H8O.Li/c1-2-4-5-3-1;/h1-4H2;. The fraction of sp³-hybridized carbons (Fsp3) is 1.00. The number of rotatable bonds is 0. The van der Waals surface area contributed by atoms with Crippen LogP contribution in [-0.2, 0) is 4.74 Å². The molecule has 1 aliphatic heterocycles. The molecule has 0 spiro atoms. The van der Waals surface area contributed by atoms with E-state index < -0.39 is 0 Å². The zero-order valence-corrected chi connectivity index (χ0v) is 4.24. The molecule has 1 aliphatic rings. The van der Waals surface area contributed by atoms with Gasteiger partial charge in [-0.05, 0) is 12.8 Å². The van der Waals surface area contributed by atoms with Crippen LogP contribution in [0.25, 0.3) is 0 Å².